The molecule has 138 valence electrons. The van der Waals surface area contributed by atoms with E-state index in [1.54, 1.807) is 6.07 Å². The number of hydrogen-bond donors (Lipinski definition) is 1. The first-order chi connectivity index (χ1) is 13.1. The van der Waals surface area contributed by atoms with Crippen LogP contribution in [0.1, 0.15) is 10.9 Å². The van der Waals surface area contributed by atoms with Crippen molar-refractivity contribution in [2.75, 3.05) is 12.3 Å². The molecule has 3 aromatic rings. The summed E-state index contributed by atoms with van der Waals surface area (Å²) >= 11 is 10.3. The standard InChI is InChI=1S/C18H14ClN3O2S3/c19-12-6-2-1-5-11(12)17-22(15(23)10-25-17)20-9-16(24)27-18-21-13-7-3-4-8-14(13)26-18/h1-8,17,20H,9-10H2. The second-order valence-corrected chi connectivity index (χ2v) is 9.52. The van der Waals surface area contributed by atoms with Gasteiger partial charge in [0.2, 0.25) is 11.0 Å². The Morgan fingerprint density at radius 2 is 2.04 bits per heavy atom. The first-order valence-electron chi connectivity index (χ1n) is 8.09. The number of halogens is 1. The predicted molar refractivity (Wildman–Crippen MR) is 112 cm³/mol. The average Bonchev–Trinajstić information content (AvgIpc) is 3.23. The molecule has 2 aromatic carbocycles. The summed E-state index contributed by atoms with van der Waals surface area (Å²) < 4.78 is 1.75. The predicted octanol–water partition coefficient (Wildman–Crippen LogP) is 4.35. The van der Waals surface area contributed by atoms with Crippen molar-refractivity contribution in [3.63, 3.8) is 0 Å². The highest BCUT2D eigenvalue weighted by molar-refractivity contribution is 8.15. The third kappa shape index (κ3) is 4.14. The number of fused-ring (bicyclic) bond motifs is 1. The molecule has 5 nitrogen and oxygen atoms in total. The highest BCUT2D eigenvalue weighted by atomic mass is 35.5. The van der Waals surface area contributed by atoms with Crippen molar-refractivity contribution in [1.29, 1.82) is 0 Å². The number of thiazole rings is 1. The van der Waals surface area contributed by atoms with Crippen LogP contribution in [0.15, 0.2) is 52.9 Å². The number of carbonyl (C=O) groups excluding carboxylic acids is 2. The van der Waals surface area contributed by atoms with Gasteiger partial charge < -0.3 is 0 Å². The van der Waals surface area contributed by atoms with Gasteiger partial charge in [-0.3, -0.25) is 14.6 Å². The quantitative estimate of drug-likeness (QED) is 0.601. The summed E-state index contributed by atoms with van der Waals surface area (Å²) in [6, 6.07) is 15.2. The smallest absolute Gasteiger partial charge is 0.248 e. The number of thioether (sulfide) groups is 2. The first-order valence-corrected chi connectivity index (χ1v) is 11.2. The monoisotopic (exact) mass is 435 g/mol. The molecular formula is C18H14ClN3O2S3. The van der Waals surface area contributed by atoms with Gasteiger partial charge in [0.1, 0.15) is 5.37 Å². The topological polar surface area (TPSA) is 62.3 Å². The molecule has 1 atom stereocenters. The number of rotatable bonds is 5. The fourth-order valence-electron chi connectivity index (χ4n) is 2.68. The minimum Gasteiger partial charge on any atom is -0.285 e. The normalized spacial score (nSPS) is 17.0. The van der Waals surface area contributed by atoms with Gasteiger partial charge in [0.25, 0.3) is 0 Å². The van der Waals surface area contributed by atoms with Crippen LogP contribution in [0.2, 0.25) is 5.02 Å². The largest absolute Gasteiger partial charge is 0.285 e. The molecule has 0 aliphatic carbocycles. The third-order valence-corrected chi connectivity index (χ3v) is 7.42. The molecule has 1 amide bonds. The Balaban J connectivity index is 1.41. The van der Waals surface area contributed by atoms with Crippen LogP contribution in [0.3, 0.4) is 0 Å². The summed E-state index contributed by atoms with van der Waals surface area (Å²) in [5.41, 5.74) is 4.71. The van der Waals surface area contributed by atoms with E-state index in [2.05, 4.69) is 10.4 Å². The lowest BCUT2D eigenvalue weighted by atomic mass is 10.2. The lowest BCUT2D eigenvalue weighted by Gasteiger charge is -2.25. The number of nitrogens with one attached hydrogen (secondary N) is 1. The number of carbonyl (C=O) groups is 2. The van der Waals surface area contributed by atoms with Gasteiger partial charge in [0, 0.05) is 10.6 Å². The Kier molecular flexibility index (Phi) is 5.70. The first kappa shape index (κ1) is 18.8. The molecule has 0 saturated carbocycles. The summed E-state index contributed by atoms with van der Waals surface area (Å²) in [5.74, 6) is 0.282. The van der Waals surface area contributed by atoms with Gasteiger partial charge >= 0.3 is 0 Å². The fourth-order valence-corrected chi connectivity index (χ4v) is 6.04. The van der Waals surface area contributed by atoms with Gasteiger partial charge in [0.15, 0.2) is 4.34 Å². The summed E-state index contributed by atoms with van der Waals surface area (Å²) in [7, 11) is 0. The van der Waals surface area contributed by atoms with E-state index in [0.717, 1.165) is 27.5 Å². The molecule has 0 spiro atoms. The zero-order chi connectivity index (χ0) is 18.8. The number of hydrazine groups is 1. The summed E-state index contributed by atoms with van der Waals surface area (Å²) in [6.45, 7) is 0.0356. The lowest BCUT2D eigenvalue weighted by Crippen LogP contribution is -2.43. The average molecular weight is 436 g/mol. The maximum absolute atomic E-state index is 12.4. The molecule has 27 heavy (non-hydrogen) atoms. The van der Waals surface area contributed by atoms with Gasteiger partial charge in [-0.05, 0) is 30.0 Å². The van der Waals surface area contributed by atoms with Crippen molar-refractivity contribution >= 4 is 67.7 Å². The van der Waals surface area contributed by atoms with Crippen LogP contribution in [-0.2, 0) is 9.59 Å². The van der Waals surface area contributed by atoms with Gasteiger partial charge in [0.05, 0.1) is 22.5 Å². The number of nitrogens with zero attached hydrogens (tertiary/aromatic N) is 2. The van der Waals surface area contributed by atoms with Crippen LogP contribution < -0.4 is 5.43 Å². The highest BCUT2D eigenvalue weighted by Crippen LogP contribution is 2.40. The van der Waals surface area contributed by atoms with Crippen molar-refractivity contribution in [3.8, 4) is 0 Å². The minimum atomic E-state index is -0.244. The van der Waals surface area contributed by atoms with Crippen LogP contribution in [0.5, 0.6) is 0 Å². The van der Waals surface area contributed by atoms with Crippen LogP contribution in [0.4, 0.5) is 0 Å². The molecule has 1 aliphatic heterocycles. The number of aromatic nitrogens is 1. The van der Waals surface area contributed by atoms with E-state index >= 15 is 0 Å². The number of para-hydroxylation sites is 1. The van der Waals surface area contributed by atoms with Gasteiger partial charge in [-0.25, -0.2) is 10.4 Å². The van der Waals surface area contributed by atoms with Crippen molar-refractivity contribution in [1.82, 2.24) is 15.4 Å². The SMILES string of the molecule is O=C(CNN1C(=O)CSC1c1ccccc1Cl)Sc1nc2ccccc2s1. The van der Waals surface area contributed by atoms with E-state index < -0.39 is 0 Å². The van der Waals surface area contributed by atoms with E-state index in [0.29, 0.717) is 15.1 Å². The molecule has 0 bridgehead atoms. The zero-order valence-electron chi connectivity index (χ0n) is 13.9. The summed E-state index contributed by atoms with van der Waals surface area (Å²) in [6.07, 6.45) is 0. The van der Waals surface area contributed by atoms with Gasteiger partial charge in [-0.2, -0.15) is 0 Å². The third-order valence-electron chi connectivity index (χ3n) is 3.91. The highest BCUT2D eigenvalue weighted by Gasteiger charge is 2.34. The summed E-state index contributed by atoms with van der Waals surface area (Å²) in [5, 5.41) is 1.76. The maximum atomic E-state index is 12.4. The minimum absolute atomic E-state index is 0.0356. The molecule has 1 saturated heterocycles. The van der Waals surface area contributed by atoms with E-state index in [1.165, 1.54) is 28.1 Å². The van der Waals surface area contributed by atoms with E-state index in [-0.39, 0.29) is 22.9 Å². The zero-order valence-corrected chi connectivity index (χ0v) is 17.1. The van der Waals surface area contributed by atoms with Gasteiger partial charge in [-0.1, -0.05) is 41.9 Å². The Hall–Kier alpha value is -1.58. The van der Waals surface area contributed by atoms with Crippen molar-refractivity contribution in [2.45, 2.75) is 9.71 Å². The van der Waals surface area contributed by atoms with E-state index in [1.807, 2.05) is 42.5 Å². The van der Waals surface area contributed by atoms with Crippen LogP contribution in [0.25, 0.3) is 10.2 Å². The van der Waals surface area contributed by atoms with Crippen molar-refractivity contribution < 1.29 is 9.59 Å². The second-order valence-electron chi connectivity index (χ2n) is 5.71. The summed E-state index contributed by atoms with van der Waals surface area (Å²) in [4.78, 5) is 29.0. The molecule has 1 fully saturated rings. The van der Waals surface area contributed by atoms with E-state index in [4.69, 9.17) is 11.6 Å². The Bertz CT molecular complexity index is 977. The molecule has 1 N–H and O–H groups in total. The molecular weight excluding hydrogens is 422 g/mol. The Labute approximate surface area is 173 Å². The Morgan fingerprint density at radius 3 is 2.85 bits per heavy atom. The van der Waals surface area contributed by atoms with Crippen LogP contribution in [-0.4, -0.2) is 33.3 Å². The molecule has 1 aromatic heterocycles. The van der Waals surface area contributed by atoms with Crippen molar-refractivity contribution in [3.05, 3.63) is 59.1 Å². The lowest BCUT2D eigenvalue weighted by molar-refractivity contribution is -0.131. The van der Waals surface area contributed by atoms with E-state index in [9.17, 15) is 9.59 Å². The van der Waals surface area contributed by atoms with Crippen molar-refractivity contribution in [2.24, 2.45) is 0 Å². The molecule has 0 radical (unpaired) electrons. The fraction of sp³-hybridized carbons (Fsp3) is 0.167. The number of benzene rings is 2. The molecule has 4 rings (SSSR count). The molecule has 1 aliphatic rings. The Morgan fingerprint density at radius 1 is 1.26 bits per heavy atom. The van der Waals surface area contributed by atoms with Crippen LogP contribution >= 0.6 is 46.5 Å². The number of hydrogen-bond acceptors (Lipinski definition) is 7. The maximum Gasteiger partial charge on any atom is 0.248 e. The second kappa shape index (κ2) is 8.20. The molecule has 2 heterocycles. The molecule has 9 heteroatoms. The molecule has 1 unspecified atom stereocenters. The number of amides is 1. The van der Waals surface area contributed by atoms with Gasteiger partial charge in [-0.15, -0.1) is 23.1 Å². The van der Waals surface area contributed by atoms with Crippen LogP contribution in [0, 0.1) is 0 Å².